The number of nitrogens with zero attached hydrogens (tertiary/aromatic N) is 1. The summed E-state index contributed by atoms with van der Waals surface area (Å²) in [5, 5.41) is 0. The second-order valence-corrected chi connectivity index (χ2v) is 3.16. The third-order valence-corrected chi connectivity index (χ3v) is 2.35. The molecule has 0 aliphatic carbocycles. The molecule has 0 aromatic heterocycles. The molecule has 1 aliphatic heterocycles. The molecule has 1 heterocycles. The second-order valence-electron chi connectivity index (χ2n) is 3.16. The van der Waals surface area contributed by atoms with Gasteiger partial charge in [-0.1, -0.05) is 13.8 Å². The number of likely N-dealkylation sites (N-methyl/N-ethyl adjacent to an activating group) is 1. The van der Waals surface area contributed by atoms with Gasteiger partial charge in [-0.3, -0.25) is 4.90 Å². The number of hydrogen-bond acceptors (Lipinski definition) is 2. The summed E-state index contributed by atoms with van der Waals surface area (Å²) < 4.78 is 5.18. The van der Waals surface area contributed by atoms with Crippen molar-refractivity contribution in [3.8, 4) is 0 Å². The molecule has 0 aromatic carbocycles. The molecular formula is C8H17NO. The van der Waals surface area contributed by atoms with E-state index in [1.807, 2.05) is 0 Å². The van der Waals surface area contributed by atoms with E-state index in [1.54, 1.807) is 0 Å². The zero-order valence-corrected chi connectivity index (χ0v) is 7.18. The summed E-state index contributed by atoms with van der Waals surface area (Å²) in [5.74, 6) is 0. The van der Waals surface area contributed by atoms with Crippen molar-refractivity contribution >= 4 is 0 Å². The van der Waals surface area contributed by atoms with Crippen LogP contribution in [0.1, 0.15) is 20.8 Å². The Labute approximate surface area is 63.2 Å². The molecule has 1 rings (SSSR count). The van der Waals surface area contributed by atoms with E-state index in [2.05, 4.69) is 25.7 Å². The lowest BCUT2D eigenvalue weighted by Gasteiger charge is -2.46. The van der Waals surface area contributed by atoms with Crippen LogP contribution in [-0.4, -0.2) is 36.7 Å². The van der Waals surface area contributed by atoms with Crippen LogP contribution in [0.2, 0.25) is 0 Å². The van der Waals surface area contributed by atoms with Crippen LogP contribution < -0.4 is 0 Å². The molecule has 0 atom stereocenters. The minimum Gasteiger partial charge on any atom is -0.377 e. The summed E-state index contributed by atoms with van der Waals surface area (Å²) in [6.07, 6.45) is 0. The van der Waals surface area contributed by atoms with Gasteiger partial charge in [0.05, 0.1) is 18.8 Å². The molecule has 1 saturated heterocycles. The summed E-state index contributed by atoms with van der Waals surface area (Å²) in [7, 11) is 0. The summed E-state index contributed by atoms with van der Waals surface area (Å²) >= 11 is 0. The molecule has 0 saturated carbocycles. The van der Waals surface area contributed by atoms with Crippen molar-refractivity contribution in [1.82, 2.24) is 4.90 Å². The summed E-state index contributed by atoms with van der Waals surface area (Å²) in [4.78, 5) is 2.45. The Bertz CT molecular complexity index is 106. The highest BCUT2D eigenvalue weighted by Gasteiger charge is 2.37. The van der Waals surface area contributed by atoms with Gasteiger partial charge in [0.15, 0.2) is 0 Å². The van der Waals surface area contributed by atoms with E-state index in [4.69, 9.17) is 4.74 Å². The van der Waals surface area contributed by atoms with Crippen molar-refractivity contribution in [1.29, 1.82) is 0 Å². The summed E-state index contributed by atoms with van der Waals surface area (Å²) in [6, 6.07) is 0. The standard InChI is InChI=1S/C8H17NO/c1-4-9(5-2)8(3)6-10-7-8/h4-7H2,1-3H3. The van der Waals surface area contributed by atoms with Gasteiger partial charge in [0, 0.05) is 0 Å². The molecule has 0 N–H and O–H groups in total. The molecule has 0 unspecified atom stereocenters. The Hall–Kier alpha value is -0.0800. The molecule has 60 valence electrons. The number of rotatable bonds is 3. The van der Waals surface area contributed by atoms with Crippen molar-refractivity contribution in [3.63, 3.8) is 0 Å². The van der Waals surface area contributed by atoms with Crippen LogP contribution >= 0.6 is 0 Å². The predicted octanol–water partition coefficient (Wildman–Crippen LogP) is 1.12. The Balaban J connectivity index is 2.43. The highest BCUT2D eigenvalue weighted by molar-refractivity contribution is 4.91. The lowest BCUT2D eigenvalue weighted by Crippen LogP contribution is -2.59. The van der Waals surface area contributed by atoms with E-state index in [0.29, 0.717) is 5.54 Å². The van der Waals surface area contributed by atoms with Crippen molar-refractivity contribution in [2.24, 2.45) is 0 Å². The van der Waals surface area contributed by atoms with Crippen molar-refractivity contribution in [2.45, 2.75) is 26.3 Å². The van der Waals surface area contributed by atoms with E-state index in [0.717, 1.165) is 26.3 Å². The normalized spacial score (nSPS) is 22.8. The fraction of sp³-hybridized carbons (Fsp3) is 1.00. The quantitative estimate of drug-likeness (QED) is 0.587. The maximum atomic E-state index is 5.18. The van der Waals surface area contributed by atoms with Crippen LogP contribution in [0.4, 0.5) is 0 Å². The Kier molecular flexibility index (Phi) is 2.32. The molecule has 0 spiro atoms. The first kappa shape index (κ1) is 8.02. The van der Waals surface area contributed by atoms with Gasteiger partial charge in [-0.25, -0.2) is 0 Å². The van der Waals surface area contributed by atoms with Crippen LogP contribution in [0.5, 0.6) is 0 Å². The van der Waals surface area contributed by atoms with Gasteiger partial charge < -0.3 is 4.74 Å². The molecule has 1 aliphatic rings. The number of hydrogen-bond donors (Lipinski definition) is 0. The van der Waals surface area contributed by atoms with Crippen LogP contribution in [0.3, 0.4) is 0 Å². The second kappa shape index (κ2) is 2.89. The first-order chi connectivity index (χ1) is 4.73. The smallest absolute Gasteiger partial charge is 0.0671 e. The molecule has 1 fully saturated rings. The molecule has 0 bridgehead atoms. The zero-order valence-electron chi connectivity index (χ0n) is 7.18. The van der Waals surface area contributed by atoms with E-state index >= 15 is 0 Å². The van der Waals surface area contributed by atoms with Gasteiger partial charge in [0.1, 0.15) is 0 Å². The molecule has 2 heteroatoms. The van der Waals surface area contributed by atoms with Gasteiger partial charge in [-0.05, 0) is 20.0 Å². The average molecular weight is 143 g/mol. The van der Waals surface area contributed by atoms with Gasteiger partial charge in [0.25, 0.3) is 0 Å². The Morgan fingerprint density at radius 2 is 1.80 bits per heavy atom. The Morgan fingerprint density at radius 3 is 1.90 bits per heavy atom. The molecule has 0 aromatic rings. The Morgan fingerprint density at radius 1 is 1.30 bits per heavy atom. The molecule has 2 nitrogen and oxygen atoms in total. The van der Waals surface area contributed by atoms with Crippen LogP contribution in [0.25, 0.3) is 0 Å². The maximum absolute atomic E-state index is 5.18. The summed E-state index contributed by atoms with van der Waals surface area (Å²) in [5.41, 5.74) is 0.351. The van der Waals surface area contributed by atoms with Crippen molar-refractivity contribution in [3.05, 3.63) is 0 Å². The minimum absolute atomic E-state index is 0.351. The first-order valence-electron chi connectivity index (χ1n) is 4.05. The third-order valence-electron chi connectivity index (χ3n) is 2.35. The largest absolute Gasteiger partial charge is 0.377 e. The molecule has 0 radical (unpaired) electrons. The van der Waals surface area contributed by atoms with Crippen LogP contribution in [-0.2, 0) is 4.74 Å². The minimum atomic E-state index is 0.351. The third kappa shape index (κ3) is 1.18. The first-order valence-corrected chi connectivity index (χ1v) is 4.05. The van der Waals surface area contributed by atoms with E-state index < -0.39 is 0 Å². The van der Waals surface area contributed by atoms with Crippen molar-refractivity contribution < 1.29 is 4.74 Å². The van der Waals surface area contributed by atoms with Gasteiger partial charge >= 0.3 is 0 Å². The monoisotopic (exact) mass is 143 g/mol. The topological polar surface area (TPSA) is 12.5 Å². The molecular weight excluding hydrogens is 126 g/mol. The summed E-state index contributed by atoms with van der Waals surface area (Å²) in [6.45, 7) is 10.8. The van der Waals surface area contributed by atoms with Crippen LogP contribution in [0.15, 0.2) is 0 Å². The zero-order chi connectivity index (χ0) is 7.61. The average Bonchev–Trinajstić information content (AvgIpc) is 1.87. The van der Waals surface area contributed by atoms with Gasteiger partial charge in [0.2, 0.25) is 0 Å². The SMILES string of the molecule is CCN(CC)C1(C)COC1. The lowest BCUT2D eigenvalue weighted by atomic mass is 9.98. The van der Waals surface area contributed by atoms with E-state index in [1.165, 1.54) is 0 Å². The highest BCUT2D eigenvalue weighted by Crippen LogP contribution is 2.23. The van der Waals surface area contributed by atoms with E-state index in [-0.39, 0.29) is 0 Å². The van der Waals surface area contributed by atoms with Crippen LogP contribution in [0, 0.1) is 0 Å². The number of ether oxygens (including phenoxy) is 1. The molecule has 10 heavy (non-hydrogen) atoms. The fourth-order valence-corrected chi connectivity index (χ4v) is 1.57. The van der Waals surface area contributed by atoms with E-state index in [9.17, 15) is 0 Å². The van der Waals surface area contributed by atoms with Gasteiger partial charge in [-0.2, -0.15) is 0 Å². The lowest BCUT2D eigenvalue weighted by molar-refractivity contribution is -0.127. The highest BCUT2D eigenvalue weighted by atomic mass is 16.5. The fourth-order valence-electron chi connectivity index (χ4n) is 1.57. The predicted molar refractivity (Wildman–Crippen MR) is 42.1 cm³/mol. The maximum Gasteiger partial charge on any atom is 0.0671 e. The molecule has 0 amide bonds. The van der Waals surface area contributed by atoms with Gasteiger partial charge in [-0.15, -0.1) is 0 Å². The van der Waals surface area contributed by atoms with Crippen molar-refractivity contribution in [2.75, 3.05) is 26.3 Å².